The summed E-state index contributed by atoms with van der Waals surface area (Å²) in [4.78, 5) is 30.5. The van der Waals surface area contributed by atoms with E-state index in [1.54, 1.807) is 11.8 Å². The maximum Gasteiger partial charge on any atom is 0.327 e. The predicted octanol–water partition coefficient (Wildman–Crippen LogP) is 1.61. The van der Waals surface area contributed by atoms with E-state index < -0.39 is 5.97 Å². The van der Waals surface area contributed by atoms with Crippen LogP contribution in [0.3, 0.4) is 0 Å². The van der Waals surface area contributed by atoms with Crippen LogP contribution in [0.15, 0.2) is 4.79 Å². The molecule has 0 atom stereocenters. The molecule has 0 unspecified atom stereocenters. The molecule has 8 heteroatoms. The molecule has 120 valence electrons. The number of hydrogen-bond donors (Lipinski definition) is 0. The van der Waals surface area contributed by atoms with E-state index in [2.05, 4.69) is 10.1 Å². The fraction of sp³-hybridized carbons (Fsp3) is 0.571. The lowest BCUT2D eigenvalue weighted by Crippen LogP contribution is -2.29. The zero-order chi connectivity index (χ0) is 16.4. The van der Waals surface area contributed by atoms with Gasteiger partial charge in [-0.05, 0) is 6.92 Å². The second kappa shape index (κ2) is 6.43. The number of carbonyl (C=O) groups is 1. The molecule has 2 aromatic rings. The van der Waals surface area contributed by atoms with Crippen LogP contribution < -0.4 is 10.5 Å². The minimum absolute atomic E-state index is 0.196. The highest BCUT2D eigenvalue weighted by Gasteiger charge is 2.19. The number of esters is 1. The topological polar surface area (TPSA) is 77.3 Å². The van der Waals surface area contributed by atoms with E-state index in [1.807, 2.05) is 27.9 Å². The molecule has 0 saturated heterocycles. The second-order valence-electron chi connectivity index (χ2n) is 5.37. The predicted molar refractivity (Wildman–Crippen MR) is 86.7 cm³/mol. The smallest absolute Gasteiger partial charge is 0.327 e. The summed E-state index contributed by atoms with van der Waals surface area (Å²) in [5, 5.41) is 5.15. The quantitative estimate of drug-likeness (QED) is 0.778. The lowest BCUT2D eigenvalue weighted by molar-refractivity contribution is -0.144. The number of carbonyl (C=O) groups excluding carboxylic acids is 1. The first-order valence-electron chi connectivity index (χ1n) is 7.09. The molecule has 0 amide bonds. The largest absolute Gasteiger partial charge is 0.465 e. The average molecular weight is 324 g/mol. The molecule has 0 saturated carbocycles. The number of ether oxygens (including phenoxy) is 1. The van der Waals surface area contributed by atoms with Gasteiger partial charge in [-0.1, -0.05) is 13.8 Å². The van der Waals surface area contributed by atoms with Gasteiger partial charge >= 0.3 is 5.97 Å². The lowest BCUT2D eigenvalue weighted by Gasteiger charge is -2.13. The number of thiazole rings is 1. The molecule has 0 aromatic carbocycles. The summed E-state index contributed by atoms with van der Waals surface area (Å²) in [5.74, 6) is 0.321. The number of hydrogen-bond acceptors (Lipinski definition) is 7. The van der Waals surface area contributed by atoms with Crippen molar-refractivity contribution in [3.8, 4) is 0 Å². The molecule has 22 heavy (non-hydrogen) atoms. The van der Waals surface area contributed by atoms with Crippen LogP contribution in [-0.2, 0) is 16.1 Å². The summed E-state index contributed by atoms with van der Waals surface area (Å²) in [7, 11) is 3.66. The van der Waals surface area contributed by atoms with Gasteiger partial charge < -0.3 is 9.64 Å². The van der Waals surface area contributed by atoms with Crippen molar-refractivity contribution in [3.05, 3.63) is 15.4 Å². The van der Waals surface area contributed by atoms with Gasteiger partial charge in [0.1, 0.15) is 16.8 Å². The first-order chi connectivity index (χ1) is 10.3. The van der Waals surface area contributed by atoms with Crippen LogP contribution in [-0.4, -0.2) is 41.4 Å². The highest BCUT2D eigenvalue weighted by Crippen LogP contribution is 2.29. The standard InChI is InChI=1S/C14H20N4O3S/c1-6-21-9(19)7-18-14(20)11-10(12(16-18)17(4)5)15-13(22-11)8(2)3/h8H,6-7H2,1-5H3. The summed E-state index contributed by atoms with van der Waals surface area (Å²) in [6.07, 6.45) is 0. The van der Waals surface area contributed by atoms with Crippen molar-refractivity contribution in [2.24, 2.45) is 0 Å². The van der Waals surface area contributed by atoms with E-state index in [0.29, 0.717) is 16.0 Å². The number of rotatable bonds is 5. The Kier molecular flexibility index (Phi) is 4.80. The van der Waals surface area contributed by atoms with Crippen molar-refractivity contribution in [3.63, 3.8) is 0 Å². The van der Waals surface area contributed by atoms with Gasteiger partial charge in [-0.25, -0.2) is 9.67 Å². The van der Waals surface area contributed by atoms with Gasteiger partial charge in [0.2, 0.25) is 0 Å². The third kappa shape index (κ3) is 3.11. The second-order valence-corrected chi connectivity index (χ2v) is 6.40. The maximum absolute atomic E-state index is 12.5. The molecule has 2 rings (SSSR count). The fourth-order valence-corrected chi connectivity index (χ4v) is 2.95. The molecular weight excluding hydrogens is 304 g/mol. The first-order valence-corrected chi connectivity index (χ1v) is 7.91. The Labute approximate surface area is 132 Å². The normalized spacial score (nSPS) is 11.2. The zero-order valence-corrected chi connectivity index (χ0v) is 14.2. The van der Waals surface area contributed by atoms with Crippen LogP contribution in [0.25, 0.3) is 10.2 Å². The Morgan fingerprint density at radius 3 is 2.64 bits per heavy atom. The van der Waals surface area contributed by atoms with E-state index in [1.165, 1.54) is 11.3 Å². The van der Waals surface area contributed by atoms with E-state index in [0.717, 1.165) is 9.69 Å². The first kappa shape index (κ1) is 16.4. The Balaban J connectivity index is 2.61. The highest BCUT2D eigenvalue weighted by atomic mass is 32.1. The molecule has 0 bridgehead atoms. The molecule has 0 fully saturated rings. The molecule has 2 aromatic heterocycles. The summed E-state index contributed by atoms with van der Waals surface area (Å²) >= 11 is 1.35. The van der Waals surface area contributed by atoms with Crippen molar-refractivity contribution in [2.45, 2.75) is 33.2 Å². The van der Waals surface area contributed by atoms with Crippen molar-refractivity contribution in [1.82, 2.24) is 14.8 Å². The van der Waals surface area contributed by atoms with Crippen LogP contribution in [0.4, 0.5) is 5.82 Å². The van der Waals surface area contributed by atoms with Gasteiger partial charge in [0.25, 0.3) is 5.56 Å². The van der Waals surface area contributed by atoms with Gasteiger partial charge in [0.05, 0.1) is 11.6 Å². The molecule has 0 radical (unpaired) electrons. The lowest BCUT2D eigenvalue weighted by atomic mass is 10.2. The number of fused-ring (bicyclic) bond motifs is 1. The van der Waals surface area contributed by atoms with Crippen LogP contribution in [0.5, 0.6) is 0 Å². The van der Waals surface area contributed by atoms with Crippen LogP contribution >= 0.6 is 11.3 Å². The molecule has 2 heterocycles. The van der Waals surface area contributed by atoms with E-state index >= 15 is 0 Å². The molecule has 0 aliphatic carbocycles. The van der Waals surface area contributed by atoms with Gasteiger partial charge in [-0.3, -0.25) is 9.59 Å². The van der Waals surface area contributed by atoms with Gasteiger partial charge in [-0.15, -0.1) is 16.4 Å². The number of anilines is 1. The van der Waals surface area contributed by atoms with Gasteiger partial charge in [-0.2, -0.15) is 0 Å². The van der Waals surface area contributed by atoms with Crippen LogP contribution in [0.1, 0.15) is 31.7 Å². The molecular formula is C14H20N4O3S. The van der Waals surface area contributed by atoms with E-state index in [9.17, 15) is 9.59 Å². The average Bonchev–Trinajstić information content (AvgIpc) is 2.87. The zero-order valence-electron chi connectivity index (χ0n) is 13.4. The fourth-order valence-electron chi connectivity index (χ4n) is 1.94. The van der Waals surface area contributed by atoms with Crippen LogP contribution in [0, 0.1) is 0 Å². The molecule has 0 N–H and O–H groups in total. The maximum atomic E-state index is 12.5. The Morgan fingerprint density at radius 2 is 2.09 bits per heavy atom. The van der Waals surface area contributed by atoms with Gasteiger partial charge in [0.15, 0.2) is 5.82 Å². The molecule has 0 aliphatic rings. The molecule has 0 spiro atoms. The Bertz CT molecular complexity index is 748. The third-order valence-corrected chi connectivity index (χ3v) is 4.35. The van der Waals surface area contributed by atoms with E-state index in [-0.39, 0.29) is 24.6 Å². The minimum Gasteiger partial charge on any atom is -0.465 e. The third-order valence-electron chi connectivity index (χ3n) is 3.00. The number of nitrogens with zero attached hydrogens (tertiary/aromatic N) is 4. The minimum atomic E-state index is -0.477. The SMILES string of the molecule is CCOC(=O)Cn1nc(N(C)C)c2nc(C(C)C)sc2c1=O. The summed E-state index contributed by atoms with van der Waals surface area (Å²) in [5.41, 5.74) is 0.280. The van der Waals surface area contributed by atoms with Crippen molar-refractivity contribution in [1.29, 1.82) is 0 Å². The van der Waals surface area contributed by atoms with Crippen LogP contribution in [0.2, 0.25) is 0 Å². The highest BCUT2D eigenvalue weighted by molar-refractivity contribution is 7.18. The number of aromatic nitrogens is 3. The van der Waals surface area contributed by atoms with E-state index in [4.69, 9.17) is 4.74 Å². The summed E-state index contributed by atoms with van der Waals surface area (Å²) < 4.78 is 6.56. The summed E-state index contributed by atoms with van der Waals surface area (Å²) in [6.45, 7) is 5.85. The van der Waals surface area contributed by atoms with Gasteiger partial charge in [0, 0.05) is 20.0 Å². The Morgan fingerprint density at radius 1 is 1.41 bits per heavy atom. The molecule has 0 aliphatic heterocycles. The molecule has 7 nitrogen and oxygen atoms in total. The van der Waals surface area contributed by atoms with Crippen molar-refractivity contribution in [2.75, 3.05) is 25.6 Å². The monoisotopic (exact) mass is 324 g/mol. The summed E-state index contributed by atoms with van der Waals surface area (Å²) in [6, 6.07) is 0. The van der Waals surface area contributed by atoms with Crippen molar-refractivity contribution >= 4 is 33.3 Å². The Hall–Kier alpha value is -1.96. The van der Waals surface area contributed by atoms with Crippen molar-refractivity contribution < 1.29 is 9.53 Å².